The SMILES string of the molecule is CC1(C)COc2cc(-c3ccc(N4CCOCC4)c(Cl)c3)ccc2C1NC(=O)O[C@H]1CN2CCC1CC2. The van der Waals surface area contributed by atoms with Crippen LogP contribution in [0.25, 0.3) is 11.1 Å². The minimum Gasteiger partial charge on any atom is -0.493 e. The van der Waals surface area contributed by atoms with E-state index in [9.17, 15) is 4.79 Å². The van der Waals surface area contributed by atoms with Crippen molar-refractivity contribution in [3.8, 4) is 16.9 Å². The number of alkyl carbamates (subject to hydrolysis) is 1. The quantitative estimate of drug-likeness (QED) is 0.597. The van der Waals surface area contributed by atoms with Crippen LogP contribution in [0, 0.1) is 11.3 Å². The van der Waals surface area contributed by atoms with Crippen LogP contribution in [0.15, 0.2) is 36.4 Å². The standard InChI is InChI=1S/C29H36ClN3O4/c1-29(2)18-36-25-16-21(20-4-6-24(23(30)15-20)33-11-13-35-14-12-33)3-5-22(25)27(29)31-28(34)37-26-17-32-9-7-19(26)8-10-32/h3-6,15-16,19,26-27H,7-14,17-18H2,1-2H3,(H,31,34)/t26-,27?/m0/s1. The number of carbonyl (C=O) groups is 1. The summed E-state index contributed by atoms with van der Waals surface area (Å²) < 4.78 is 17.6. The second-order valence-corrected chi connectivity index (χ2v) is 11.9. The number of fused-ring (bicyclic) bond motifs is 4. The molecule has 1 amide bonds. The van der Waals surface area contributed by atoms with E-state index in [-0.39, 0.29) is 23.7 Å². The predicted octanol–water partition coefficient (Wildman–Crippen LogP) is 5.12. The fourth-order valence-corrected chi connectivity index (χ4v) is 6.50. The number of amides is 1. The monoisotopic (exact) mass is 525 g/mol. The summed E-state index contributed by atoms with van der Waals surface area (Å²) in [5, 5.41) is 3.92. The van der Waals surface area contributed by atoms with Gasteiger partial charge in [-0.15, -0.1) is 0 Å². The molecule has 5 aliphatic rings. The third kappa shape index (κ3) is 5.01. The summed E-state index contributed by atoms with van der Waals surface area (Å²) in [4.78, 5) is 17.7. The highest BCUT2D eigenvalue weighted by Gasteiger charge is 2.41. The fourth-order valence-electron chi connectivity index (χ4n) is 6.20. The van der Waals surface area contributed by atoms with Crippen molar-refractivity contribution in [1.29, 1.82) is 0 Å². The third-order valence-electron chi connectivity index (χ3n) is 8.46. The molecule has 4 fully saturated rings. The minimum atomic E-state index is -0.334. The molecule has 0 saturated carbocycles. The number of hydrogen-bond donors (Lipinski definition) is 1. The average molecular weight is 526 g/mol. The van der Waals surface area contributed by atoms with E-state index in [2.05, 4.69) is 59.3 Å². The van der Waals surface area contributed by atoms with Crippen LogP contribution in [0.5, 0.6) is 5.75 Å². The molecule has 37 heavy (non-hydrogen) atoms. The molecule has 1 unspecified atom stereocenters. The van der Waals surface area contributed by atoms with Gasteiger partial charge < -0.3 is 24.4 Å². The molecule has 0 spiro atoms. The van der Waals surface area contributed by atoms with E-state index in [1.807, 2.05) is 6.07 Å². The zero-order chi connectivity index (χ0) is 25.6. The molecule has 7 nitrogen and oxygen atoms in total. The van der Waals surface area contributed by atoms with Crippen LogP contribution >= 0.6 is 11.6 Å². The molecule has 0 aliphatic carbocycles. The molecule has 2 atom stereocenters. The molecule has 4 saturated heterocycles. The molecule has 5 aliphatic heterocycles. The van der Waals surface area contributed by atoms with Gasteiger partial charge in [0.1, 0.15) is 11.9 Å². The topological polar surface area (TPSA) is 63.3 Å². The highest BCUT2D eigenvalue weighted by atomic mass is 35.5. The fraction of sp³-hybridized carbons (Fsp3) is 0.552. The van der Waals surface area contributed by atoms with E-state index >= 15 is 0 Å². The maximum Gasteiger partial charge on any atom is 0.407 e. The Labute approximate surface area is 224 Å². The molecular weight excluding hydrogens is 490 g/mol. The van der Waals surface area contributed by atoms with Gasteiger partial charge in [-0.1, -0.05) is 43.6 Å². The van der Waals surface area contributed by atoms with Gasteiger partial charge in [0, 0.05) is 30.6 Å². The van der Waals surface area contributed by atoms with Crippen LogP contribution in [0.3, 0.4) is 0 Å². The molecule has 2 bridgehead atoms. The molecule has 5 heterocycles. The van der Waals surface area contributed by atoms with Crippen LogP contribution in [0.1, 0.15) is 38.3 Å². The summed E-state index contributed by atoms with van der Waals surface area (Å²) in [5.74, 6) is 1.27. The van der Waals surface area contributed by atoms with Gasteiger partial charge in [0.25, 0.3) is 0 Å². The van der Waals surface area contributed by atoms with Gasteiger partial charge in [0.05, 0.1) is 36.6 Å². The summed E-state index contributed by atoms with van der Waals surface area (Å²) in [6, 6.07) is 12.2. The number of piperidine rings is 3. The van der Waals surface area contributed by atoms with Crippen molar-refractivity contribution in [3.63, 3.8) is 0 Å². The maximum atomic E-state index is 13.0. The summed E-state index contributed by atoms with van der Waals surface area (Å²) in [6.45, 7) is 11.0. The number of rotatable bonds is 4. The lowest BCUT2D eigenvalue weighted by Crippen LogP contribution is -2.53. The van der Waals surface area contributed by atoms with Crippen molar-refractivity contribution >= 4 is 23.4 Å². The van der Waals surface area contributed by atoms with Crippen molar-refractivity contribution in [2.24, 2.45) is 11.3 Å². The lowest BCUT2D eigenvalue weighted by molar-refractivity contribution is -0.0361. The molecule has 0 radical (unpaired) electrons. The Hall–Kier alpha value is -2.48. The minimum absolute atomic E-state index is 0.0162. The van der Waals surface area contributed by atoms with Gasteiger partial charge in [-0.25, -0.2) is 4.79 Å². The number of anilines is 1. The normalized spacial score (nSPS) is 28.2. The van der Waals surface area contributed by atoms with Crippen molar-refractivity contribution in [2.75, 3.05) is 57.4 Å². The summed E-state index contributed by atoms with van der Waals surface area (Å²) in [5.41, 5.74) is 3.80. The van der Waals surface area contributed by atoms with Crippen LogP contribution < -0.4 is 15.0 Å². The Morgan fingerprint density at radius 3 is 2.49 bits per heavy atom. The van der Waals surface area contributed by atoms with Crippen molar-refractivity contribution < 1.29 is 19.0 Å². The van der Waals surface area contributed by atoms with Crippen molar-refractivity contribution in [1.82, 2.24) is 10.2 Å². The highest BCUT2D eigenvalue weighted by Crippen LogP contribution is 2.45. The van der Waals surface area contributed by atoms with E-state index < -0.39 is 0 Å². The van der Waals surface area contributed by atoms with Crippen LogP contribution in [0.2, 0.25) is 5.02 Å². The summed E-state index contributed by atoms with van der Waals surface area (Å²) in [6.07, 6.45) is 1.88. The predicted molar refractivity (Wildman–Crippen MR) is 145 cm³/mol. The lowest BCUT2D eigenvalue weighted by Gasteiger charge is -2.44. The van der Waals surface area contributed by atoms with Crippen LogP contribution in [-0.2, 0) is 9.47 Å². The maximum absolute atomic E-state index is 13.0. The van der Waals surface area contributed by atoms with E-state index in [0.29, 0.717) is 12.5 Å². The van der Waals surface area contributed by atoms with Gasteiger partial charge in [-0.2, -0.15) is 0 Å². The van der Waals surface area contributed by atoms with Gasteiger partial charge in [0.15, 0.2) is 0 Å². The molecule has 7 rings (SSSR count). The molecule has 198 valence electrons. The third-order valence-corrected chi connectivity index (χ3v) is 8.76. The Kier molecular flexibility index (Phi) is 6.72. The zero-order valence-corrected chi connectivity index (χ0v) is 22.4. The molecule has 2 aromatic carbocycles. The van der Waals surface area contributed by atoms with Crippen LogP contribution in [0.4, 0.5) is 10.5 Å². The van der Waals surface area contributed by atoms with Crippen molar-refractivity contribution in [2.45, 2.75) is 38.8 Å². The van der Waals surface area contributed by atoms with E-state index in [1.54, 1.807) is 0 Å². The number of benzene rings is 2. The number of ether oxygens (including phenoxy) is 3. The molecule has 8 heteroatoms. The first-order valence-electron chi connectivity index (χ1n) is 13.5. The first-order valence-corrected chi connectivity index (χ1v) is 13.8. The van der Waals surface area contributed by atoms with Gasteiger partial charge in [-0.05, 0) is 61.2 Å². The number of halogens is 1. The smallest absolute Gasteiger partial charge is 0.407 e. The summed E-state index contributed by atoms with van der Waals surface area (Å²) in [7, 11) is 0. The number of hydrogen-bond acceptors (Lipinski definition) is 6. The number of morpholine rings is 1. The number of nitrogens with zero attached hydrogens (tertiary/aromatic N) is 2. The number of carbonyl (C=O) groups excluding carboxylic acids is 1. The Morgan fingerprint density at radius 1 is 1.05 bits per heavy atom. The van der Waals surface area contributed by atoms with Gasteiger partial charge in [0.2, 0.25) is 0 Å². The van der Waals surface area contributed by atoms with E-state index in [4.69, 9.17) is 25.8 Å². The zero-order valence-electron chi connectivity index (χ0n) is 21.7. The van der Waals surface area contributed by atoms with E-state index in [0.717, 1.165) is 91.9 Å². The first-order chi connectivity index (χ1) is 17.9. The molecule has 0 aromatic heterocycles. The molecule has 2 aromatic rings. The second-order valence-electron chi connectivity index (χ2n) is 11.5. The van der Waals surface area contributed by atoms with E-state index in [1.165, 1.54) is 0 Å². The number of nitrogens with one attached hydrogen (secondary N) is 1. The molecule has 1 N–H and O–H groups in total. The molecular formula is C29H36ClN3O4. The average Bonchev–Trinajstić information content (AvgIpc) is 2.91. The summed E-state index contributed by atoms with van der Waals surface area (Å²) >= 11 is 6.70. The van der Waals surface area contributed by atoms with Crippen LogP contribution in [-0.4, -0.2) is 69.6 Å². The van der Waals surface area contributed by atoms with Gasteiger partial charge >= 0.3 is 6.09 Å². The highest BCUT2D eigenvalue weighted by molar-refractivity contribution is 6.33. The lowest BCUT2D eigenvalue weighted by atomic mass is 9.78. The Bertz CT molecular complexity index is 1160. The second kappa shape index (κ2) is 10.0. The largest absolute Gasteiger partial charge is 0.493 e. The van der Waals surface area contributed by atoms with Crippen molar-refractivity contribution in [3.05, 3.63) is 47.0 Å². The Balaban J connectivity index is 1.19. The Morgan fingerprint density at radius 2 is 1.78 bits per heavy atom. The van der Waals surface area contributed by atoms with Gasteiger partial charge in [-0.3, -0.25) is 4.90 Å². The first kappa shape index (κ1) is 24.8.